The van der Waals surface area contributed by atoms with E-state index in [0.717, 1.165) is 96.0 Å². The first-order valence-corrected chi connectivity index (χ1v) is 22.1. The number of nitro groups is 2. The Bertz CT molecular complexity index is 2410. The SMILES string of the molecule is O=[N+]([O-])c1ccc2c(c1)N(CCCSOOO)C(=CC=C1CCC(C=Cc3sc4ccc([N+](=O)[O-])cc4[n+]3CCCSOOO)=C1N(c1ccccc1)c1ccccc1)S2. The van der Waals surface area contributed by atoms with Crippen LogP contribution in [0.25, 0.3) is 16.3 Å². The van der Waals surface area contributed by atoms with E-state index in [1.54, 1.807) is 47.4 Å². The Balaban J connectivity index is 1.31. The Hall–Kier alpha value is -5.06. The van der Waals surface area contributed by atoms with Crippen LogP contribution in [0.5, 0.6) is 0 Å². The van der Waals surface area contributed by atoms with Crippen LogP contribution in [-0.2, 0) is 25.3 Å². The van der Waals surface area contributed by atoms with Gasteiger partial charge in [0.1, 0.15) is 4.70 Å². The molecule has 0 saturated carbocycles. The van der Waals surface area contributed by atoms with Gasteiger partial charge in [0.25, 0.3) is 16.4 Å². The highest BCUT2D eigenvalue weighted by molar-refractivity contribution is 8.03. The quantitative estimate of drug-likeness (QED) is 0.0188. The summed E-state index contributed by atoms with van der Waals surface area (Å²) in [6.07, 6.45) is 11.1. The number of hydrogen-bond donors (Lipinski definition) is 2. The minimum atomic E-state index is -0.395. The molecule has 310 valence electrons. The maximum atomic E-state index is 11.8. The standard InChI is InChI=1S/C41H37N5O10S4/c47-45(48)33-17-19-37-35(27-33)42(23-7-25-57-55-53-51)39(59-37)21-15-29-13-14-30(41(29)44(31-9-3-1-4-10-31)32-11-5-2-6-12-32)16-22-40-43(24-8-26-58-56-54-52)36-28-34(46(49)50)18-20-38(36)60-40/h1-6,9-12,15-22,27-28H,7-8,13-14,23-26H2,(H-,51,52)/p+1. The summed E-state index contributed by atoms with van der Waals surface area (Å²) in [5, 5.41) is 49.9. The second-order valence-corrected chi connectivity index (χ2v) is 16.9. The molecule has 0 unspecified atom stereocenters. The first-order valence-electron chi connectivity index (χ1n) is 18.6. The van der Waals surface area contributed by atoms with Gasteiger partial charge in [0, 0.05) is 89.1 Å². The Morgan fingerprint density at radius 2 is 1.45 bits per heavy atom. The summed E-state index contributed by atoms with van der Waals surface area (Å²) in [4.78, 5) is 28.0. The number of hydrogen-bond acceptors (Lipinski definition) is 16. The number of non-ortho nitro benzene ring substituents is 2. The molecular formula is C41H38N5O10S4+. The van der Waals surface area contributed by atoms with Crippen molar-refractivity contribution in [2.24, 2.45) is 0 Å². The highest BCUT2D eigenvalue weighted by atomic mass is 32.2. The van der Waals surface area contributed by atoms with Crippen molar-refractivity contribution in [2.45, 2.75) is 37.1 Å². The van der Waals surface area contributed by atoms with E-state index in [4.69, 9.17) is 10.5 Å². The molecule has 0 spiro atoms. The van der Waals surface area contributed by atoms with Crippen molar-refractivity contribution in [3.63, 3.8) is 0 Å². The Morgan fingerprint density at radius 1 is 0.800 bits per heavy atom. The van der Waals surface area contributed by atoms with Gasteiger partial charge < -0.3 is 9.80 Å². The molecule has 1 aliphatic heterocycles. The molecule has 2 N–H and O–H groups in total. The Labute approximate surface area is 361 Å². The second-order valence-electron chi connectivity index (χ2n) is 13.2. The fourth-order valence-electron chi connectivity index (χ4n) is 7.02. The van der Waals surface area contributed by atoms with E-state index in [0.29, 0.717) is 37.4 Å². The minimum absolute atomic E-state index is 0.00605. The number of anilines is 3. The largest absolute Gasteiger partial charge is 0.335 e. The summed E-state index contributed by atoms with van der Waals surface area (Å²) >= 11 is 5.02. The number of para-hydroxylation sites is 2. The van der Waals surface area contributed by atoms with Gasteiger partial charge in [0.05, 0.1) is 32.3 Å². The monoisotopic (exact) mass is 888 g/mol. The zero-order valence-electron chi connectivity index (χ0n) is 31.7. The average molecular weight is 889 g/mol. The van der Waals surface area contributed by atoms with Crippen molar-refractivity contribution < 1.29 is 43.7 Å². The van der Waals surface area contributed by atoms with E-state index in [-0.39, 0.29) is 11.4 Å². The van der Waals surface area contributed by atoms with Crippen molar-refractivity contribution in [2.75, 3.05) is 27.9 Å². The molecular weight excluding hydrogens is 851 g/mol. The molecule has 0 saturated heterocycles. The number of aromatic nitrogens is 1. The van der Waals surface area contributed by atoms with Gasteiger partial charge in [-0.15, -0.1) is 8.67 Å². The minimum Gasteiger partial charge on any atom is -0.335 e. The molecule has 0 bridgehead atoms. The van der Waals surface area contributed by atoms with Crippen LogP contribution in [0.3, 0.4) is 0 Å². The van der Waals surface area contributed by atoms with Crippen LogP contribution in [0, 0.1) is 20.2 Å². The lowest BCUT2D eigenvalue weighted by Gasteiger charge is -2.28. The van der Waals surface area contributed by atoms with Crippen molar-refractivity contribution in [1.82, 2.24) is 0 Å². The van der Waals surface area contributed by atoms with Gasteiger partial charge in [0.2, 0.25) is 5.52 Å². The molecule has 0 fully saturated rings. The number of fused-ring (bicyclic) bond motifs is 2. The van der Waals surface area contributed by atoms with Crippen LogP contribution in [-0.4, -0.2) is 38.4 Å². The van der Waals surface area contributed by atoms with E-state index in [9.17, 15) is 20.2 Å². The number of nitrogens with zero attached hydrogens (tertiary/aromatic N) is 5. The average Bonchev–Trinajstić information content (AvgIpc) is 3.94. The summed E-state index contributed by atoms with van der Waals surface area (Å²) < 4.78 is 12.1. The molecule has 2 heterocycles. The van der Waals surface area contributed by atoms with E-state index in [1.165, 1.54) is 12.1 Å². The highest BCUT2D eigenvalue weighted by Gasteiger charge is 2.30. The molecule has 0 radical (unpaired) electrons. The summed E-state index contributed by atoms with van der Waals surface area (Å²) in [6.45, 7) is 1.07. The first-order chi connectivity index (χ1) is 29.4. The number of thiazole rings is 1. The molecule has 1 aromatic heterocycles. The van der Waals surface area contributed by atoms with Crippen molar-refractivity contribution in [3.8, 4) is 0 Å². The number of allylic oxidation sites excluding steroid dienone is 5. The van der Waals surface area contributed by atoms with E-state index < -0.39 is 9.85 Å². The molecule has 60 heavy (non-hydrogen) atoms. The van der Waals surface area contributed by atoms with Crippen LogP contribution in [0.15, 0.2) is 142 Å². The summed E-state index contributed by atoms with van der Waals surface area (Å²) in [5.41, 5.74) is 6.65. The van der Waals surface area contributed by atoms with Crippen molar-refractivity contribution in [3.05, 3.63) is 162 Å². The van der Waals surface area contributed by atoms with Crippen LogP contribution in [0.2, 0.25) is 0 Å². The zero-order valence-corrected chi connectivity index (χ0v) is 35.0. The van der Waals surface area contributed by atoms with Gasteiger partial charge in [-0.1, -0.05) is 75.6 Å². The third-order valence-corrected chi connectivity index (χ3v) is 13.1. The molecule has 4 aromatic carbocycles. The number of benzene rings is 4. The van der Waals surface area contributed by atoms with E-state index in [2.05, 4.69) is 81.7 Å². The second kappa shape index (κ2) is 21.0. The topological polar surface area (TPSA) is 174 Å². The van der Waals surface area contributed by atoms with E-state index >= 15 is 0 Å². The van der Waals surface area contributed by atoms with Crippen LogP contribution < -0.4 is 14.4 Å². The molecule has 0 atom stereocenters. The lowest BCUT2D eigenvalue weighted by atomic mass is 10.1. The number of thioether (sulfide) groups is 1. The van der Waals surface area contributed by atoms with Crippen LogP contribution in [0.1, 0.15) is 30.7 Å². The Morgan fingerprint density at radius 3 is 2.12 bits per heavy atom. The lowest BCUT2D eigenvalue weighted by Crippen LogP contribution is -2.35. The Kier molecular flexibility index (Phi) is 15.0. The molecule has 2 aliphatic rings. The molecule has 5 aromatic rings. The summed E-state index contributed by atoms with van der Waals surface area (Å²) in [7, 11) is 0. The fraction of sp³-hybridized carbons (Fsp3) is 0.195. The van der Waals surface area contributed by atoms with Crippen molar-refractivity contribution >= 4 is 91.9 Å². The lowest BCUT2D eigenvalue weighted by molar-refractivity contribution is -0.668. The third kappa shape index (κ3) is 10.3. The molecule has 15 nitrogen and oxygen atoms in total. The number of nitro benzene ring substituents is 2. The third-order valence-electron chi connectivity index (χ3n) is 9.60. The summed E-state index contributed by atoms with van der Waals surface area (Å²) in [5.74, 6) is 1.02. The maximum Gasteiger partial charge on any atom is 0.276 e. The molecule has 19 heteroatoms. The van der Waals surface area contributed by atoms with Gasteiger partial charge in [-0.25, -0.2) is 10.5 Å². The number of rotatable bonds is 20. The predicted molar refractivity (Wildman–Crippen MR) is 235 cm³/mol. The number of aryl methyl sites for hydroxylation is 1. The van der Waals surface area contributed by atoms with E-state index in [1.807, 2.05) is 36.4 Å². The normalized spacial score (nSPS) is 15.3. The predicted octanol–water partition coefficient (Wildman–Crippen LogP) is 11.2. The zero-order chi connectivity index (χ0) is 41.8. The molecule has 0 amide bonds. The fourth-order valence-corrected chi connectivity index (χ4v) is 9.88. The van der Waals surface area contributed by atoms with Gasteiger partial charge in [-0.3, -0.25) is 20.2 Å². The van der Waals surface area contributed by atoms with Gasteiger partial charge in [-0.2, -0.15) is 4.57 Å². The van der Waals surface area contributed by atoms with Gasteiger partial charge >= 0.3 is 0 Å². The molecule has 7 rings (SSSR count). The smallest absolute Gasteiger partial charge is 0.276 e. The highest BCUT2D eigenvalue weighted by Crippen LogP contribution is 2.48. The van der Waals surface area contributed by atoms with Crippen LogP contribution in [0.4, 0.5) is 28.4 Å². The van der Waals surface area contributed by atoms with Gasteiger partial charge in [0.15, 0.2) is 6.54 Å². The first kappa shape index (κ1) is 43.0. The summed E-state index contributed by atoms with van der Waals surface area (Å²) in [6, 6.07) is 30.1. The molecule has 1 aliphatic carbocycles. The van der Waals surface area contributed by atoms with Crippen LogP contribution >= 0.6 is 47.2 Å². The van der Waals surface area contributed by atoms with Crippen molar-refractivity contribution in [1.29, 1.82) is 0 Å². The van der Waals surface area contributed by atoms with Gasteiger partial charge in [-0.05, 0) is 79.0 Å². The maximum absolute atomic E-state index is 11.8.